The molecule has 0 N–H and O–H groups in total. The van der Waals surface area contributed by atoms with Gasteiger partial charge in [-0.1, -0.05) is 177 Å². The zero-order valence-corrected chi connectivity index (χ0v) is 44.6. The van der Waals surface area contributed by atoms with Gasteiger partial charge in [0.2, 0.25) is 11.4 Å². The van der Waals surface area contributed by atoms with E-state index in [1.54, 1.807) is 0 Å². The normalized spacial score (nSPS) is 22.1. The van der Waals surface area contributed by atoms with Crippen LogP contribution in [0.15, 0.2) is 145 Å². The Balaban J connectivity index is 0.931. The van der Waals surface area contributed by atoms with Crippen LogP contribution >= 0.6 is 0 Å². The number of allylic oxidation sites excluding steroid dienone is 8. The Bertz CT molecular complexity index is 2510. The molecule has 0 saturated heterocycles. The summed E-state index contributed by atoms with van der Waals surface area (Å²) in [6.07, 6.45) is 35.1. The van der Waals surface area contributed by atoms with Gasteiger partial charge < -0.3 is 9.80 Å². The van der Waals surface area contributed by atoms with Crippen molar-refractivity contribution in [2.24, 2.45) is 0 Å². The van der Waals surface area contributed by atoms with Gasteiger partial charge in [-0.2, -0.15) is 9.15 Å². The van der Waals surface area contributed by atoms with E-state index in [-0.39, 0.29) is 21.7 Å². The summed E-state index contributed by atoms with van der Waals surface area (Å²) in [5.74, 6) is 0. The molecule has 5 aliphatic heterocycles. The van der Waals surface area contributed by atoms with Crippen LogP contribution < -0.4 is 9.80 Å². The van der Waals surface area contributed by atoms with Crippen LogP contribution in [-0.2, 0) is 21.7 Å². The molecule has 70 heavy (non-hydrogen) atoms. The number of anilines is 2. The Morgan fingerprint density at radius 3 is 1.04 bits per heavy atom. The molecule has 4 nitrogen and oxygen atoms in total. The first kappa shape index (κ1) is 49.7. The van der Waals surface area contributed by atoms with Crippen molar-refractivity contribution in [1.82, 2.24) is 0 Å². The van der Waals surface area contributed by atoms with Crippen LogP contribution in [0.5, 0.6) is 0 Å². The van der Waals surface area contributed by atoms with E-state index in [4.69, 9.17) is 0 Å². The average Bonchev–Trinajstić information content (AvgIpc) is 3.89. The fourth-order valence-corrected chi connectivity index (χ4v) is 13.2. The van der Waals surface area contributed by atoms with Crippen molar-refractivity contribution in [2.75, 3.05) is 36.0 Å². The molecule has 0 saturated carbocycles. The minimum Gasteiger partial charge on any atom is -0.344 e. The van der Waals surface area contributed by atoms with E-state index in [1.807, 2.05) is 0 Å². The third-order valence-corrected chi connectivity index (χ3v) is 17.2. The summed E-state index contributed by atoms with van der Waals surface area (Å²) >= 11 is 0. The molecule has 0 aromatic heterocycles. The van der Waals surface area contributed by atoms with E-state index in [0.29, 0.717) is 0 Å². The minimum atomic E-state index is -0.0471. The Labute approximate surface area is 424 Å². The number of fused-ring (bicyclic) bond motifs is 10. The van der Waals surface area contributed by atoms with Crippen molar-refractivity contribution in [3.8, 4) is 0 Å². The largest absolute Gasteiger partial charge is 0.344 e. The van der Waals surface area contributed by atoms with Crippen LogP contribution in [0.1, 0.15) is 180 Å². The van der Waals surface area contributed by atoms with Gasteiger partial charge in [-0.15, -0.1) is 0 Å². The monoisotopic (exact) mass is 935 g/mol. The maximum atomic E-state index is 2.65. The number of rotatable bonds is 0. The molecule has 4 aromatic rings. The minimum absolute atomic E-state index is 0.0471. The molecule has 0 spiro atoms. The lowest BCUT2D eigenvalue weighted by molar-refractivity contribution is -0.438. The SMILES string of the molecule is CC1(C)C2=CC=CC3=[N+](CCCCCCCCCCN4C(=CC=CC5=[N+](CCCCCCCCCCN2c2ccccc21)c1ccccc1C5(C)C)C(C)(C)c1ccccc14)c1ccccc1C3(C)C. The standard InChI is InChI=1S/C66H86N4/c1-63(2)51-35-21-25-39-55(51)67-47-29-17-13-9-10-14-19-31-49-69-57-41-27-23-37-53(57)65(5,6)61(69)45-34-46-62-66(7,8)54-38-24-28-42-58(54)70(62)50-32-20-16-12-11-15-18-30-48-68-56-40-26-22-36-52(56)64(3,4)60(68)44-33-43-59(63)67/h21-28,33-46H,9-20,29-32,47-50H2,1-8H3/q+2. The Kier molecular flexibility index (Phi) is 15.1. The van der Waals surface area contributed by atoms with Gasteiger partial charge in [0.05, 0.1) is 10.8 Å². The summed E-state index contributed by atoms with van der Waals surface area (Å²) in [6.45, 7) is 23.7. The first-order chi connectivity index (χ1) is 33.8. The van der Waals surface area contributed by atoms with E-state index in [9.17, 15) is 0 Å². The van der Waals surface area contributed by atoms with Gasteiger partial charge >= 0.3 is 0 Å². The Morgan fingerprint density at radius 1 is 0.343 bits per heavy atom. The molecular weight excluding hydrogens is 849 g/mol. The van der Waals surface area contributed by atoms with Crippen molar-refractivity contribution in [3.63, 3.8) is 0 Å². The lowest BCUT2D eigenvalue weighted by atomic mass is 9.81. The van der Waals surface area contributed by atoms with E-state index in [1.165, 1.54) is 171 Å². The molecule has 0 atom stereocenters. The number of hydrogen-bond donors (Lipinski definition) is 0. The number of hydrogen-bond acceptors (Lipinski definition) is 2. The molecule has 0 aliphatic carbocycles. The fourth-order valence-electron chi connectivity index (χ4n) is 13.2. The summed E-state index contributed by atoms with van der Waals surface area (Å²) in [7, 11) is 0. The van der Waals surface area contributed by atoms with E-state index in [0.717, 1.165) is 26.2 Å². The fraction of sp³-hybridized carbons (Fsp3) is 0.485. The second-order valence-electron chi connectivity index (χ2n) is 23.4. The quantitative estimate of drug-likeness (QED) is 0.163. The molecule has 9 rings (SSSR count). The van der Waals surface area contributed by atoms with Gasteiger partial charge in [0.1, 0.15) is 13.1 Å². The molecule has 0 unspecified atom stereocenters. The third-order valence-electron chi connectivity index (χ3n) is 17.2. The van der Waals surface area contributed by atoms with Crippen LogP contribution in [0, 0.1) is 0 Å². The van der Waals surface area contributed by atoms with E-state index < -0.39 is 0 Å². The Morgan fingerprint density at radius 2 is 0.657 bits per heavy atom. The molecule has 4 aromatic carbocycles. The third kappa shape index (κ3) is 9.75. The predicted molar refractivity (Wildman–Crippen MR) is 300 cm³/mol. The van der Waals surface area contributed by atoms with E-state index >= 15 is 0 Å². The summed E-state index contributed by atoms with van der Waals surface area (Å²) < 4.78 is 5.31. The highest BCUT2D eigenvalue weighted by molar-refractivity contribution is 6.04. The van der Waals surface area contributed by atoms with Gasteiger partial charge in [0.15, 0.2) is 11.4 Å². The molecule has 0 radical (unpaired) electrons. The van der Waals surface area contributed by atoms with Gasteiger partial charge in [0, 0.05) is 94.9 Å². The predicted octanol–water partition coefficient (Wildman–Crippen LogP) is 16.9. The Hall–Kier alpha value is -5.22. The first-order valence-corrected chi connectivity index (χ1v) is 27.9. The highest BCUT2D eigenvalue weighted by Crippen LogP contribution is 2.50. The van der Waals surface area contributed by atoms with Gasteiger partial charge in [0.25, 0.3) is 0 Å². The molecule has 0 bridgehead atoms. The van der Waals surface area contributed by atoms with Crippen molar-refractivity contribution < 1.29 is 9.15 Å². The second-order valence-corrected chi connectivity index (χ2v) is 23.4. The lowest BCUT2D eigenvalue weighted by Crippen LogP contribution is -2.28. The molecule has 4 heteroatoms. The summed E-state index contributed by atoms with van der Waals surface area (Å²) in [4.78, 5) is 5.31. The summed E-state index contributed by atoms with van der Waals surface area (Å²) in [5, 5.41) is 0. The molecule has 0 fully saturated rings. The molecule has 0 amide bonds. The van der Waals surface area contributed by atoms with Crippen LogP contribution in [-0.4, -0.2) is 46.8 Å². The van der Waals surface area contributed by atoms with Crippen molar-refractivity contribution >= 4 is 34.2 Å². The van der Waals surface area contributed by atoms with Crippen LogP contribution in [0.25, 0.3) is 0 Å². The summed E-state index contributed by atoms with van der Waals surface area (Å²) in [5.41, 5.74) is 16.9. The number of nitrogens with zero attached hydrogens (tertiary/aromatic N) is 4. The lowest BCUT2D eigenvalue weighted by Gasteiger charge is -2.27. The topological polar surface area (TPSA) is 12.5 Å². The highest BCUT2D eigenvalue weighted by Gasteiger charge is 2.46. The molecular formula is C66H86N4+2. The zero-order valence-electron chi connectivity index (χ0n) is 44.6. The molecule has 368 valence electrons. The number of benzene rings is 4. The van der Waals surface area contributed by atoms with Crippen LogP contribution in [0.3, 0.4) is 0 Å². The second kappa shape index (κ2) is 21.2. The summed E-state index contributed by atoms with van der Waals surface area (Å²) in [6, 6.07) is 36.7. The average molecular weight is 935 g/mol. The van der Waals surface area contributed by atoms with Crippen LogP contribution in [0.4, 0.5) is 22.7 Å². The zero-order chi connectivity index (χ0) is 48.9. The maximum Gasteiger partial charge on any atom is 0.209 e. The van der Waals surface area contributed by atoms with Crippen molar-refractivity contribution in [3.05, 3.63) is 167 Å². The van der Waals surface area contributed by atoms with Gasteiger partial charge in [-0.3, -0.25) is 0 Å². The van der Waals surface area contributed by atoms with Crippen molar-refractivity contribution in [2.45, 2.75) is 180 Å². The van der Waals surface area contributed by atoms with Crippen molar-refractivity contribution in [1.29, 1.82) is 0 Å². The number of para-hydroxylation sites is 4. The van der Waals surface area contributed by atoms with E-state index in [2.05, 4.69) is 208 Å². The smallest absolute Gasteiger partial charge is 0.209 e. The maximum absolute atomic E-state index is 2.65. The van der Waals surface area contributed by atoms with Crippen LogP contribution in [0.2, 0.25) is 0 Å². The first-order valence-electron chi connectivity index (χ1n) is 27.9. The highest BCUT2D eigenvalue weighted by atomic mass is 15.2. The van der Waals surface area contributed by atoms with Gasteiger partial charge in [-0.05, 0) is 88.8 Å². The molecule has 5 aliphatic rings. The van der Waals surface area contributed by atoms with Gasteiger partial charge in [-0.25, -0.2) is 0 Å². The molecule has 5 heterocycles.